The number of benzene rings is 2. The Bertz CT molecular complexity index is 1080. The summed E-state index contributed by atoms with van der Waals surface area (Å²) in [6.07, 6.45) is 0. The molecule has 1 N–H and O–H groups in total. The van der Waals surface area contributed by atoms with Gasteiger partial charge in [-0.05, 0) is 12.1 Å². The molecule has 2 aromatic carbocycles. The normalized spacial score (nSPS) is 15.5. The summed E-state index contributed by atoms with van der Waals surface area (Å²) in [6.45, 7) is 2.93. The fourth-order valence-corrected chi connectivity index (χ4v) is 4.36. The number of thiazole rings is 1. The largest absolute Gasteiger partial charge is 0.509 e. The quantitative estimate of drug-likeness (QED) is 0.484. The summed E-state index contributed by atoms with van der Waals surface area (Å²) in [5.74, 6) is -0.204. The van der Waals surface area contributed by atoms with E-state index in [1.807, 2.05) is 46.7 Å². The van der Waals surface area contributed by atoms with E-state index >= 15 is 0 Å². The molecule has 0 radical (unpaired) electrons. The molecule has 1 fully saturated rings. The summed E-state index contributed by atoms with van der Waals surface area (Å²) < 4.78 is 14.0. The molecule has 2 heterocycles. The van der Waals surface area contributed by atoms with Gasteiger partial charge < -0.3 is 10.0 Å². The average molecular weight is 421 g/mol. The number of hydrogen-bond acceptors (Lipinski definition) is 6. The van der Waals surface area contributed by atoms with Gasteiger partial charge in [0.2, 0.25) is 0 Å². The molecular weight excluding hydrogens is 399 g/mol. The number of nitriles is 1. The van der Waals surface area contributed by atoms with Crippen LogP contribution in [0, 0.1) is 17.1 Å². The van der Waals surface area contributed by atoms with E-state index in [4.69, 9.17) is 0 Å². The third-order valence-electron chi connectivity index (χ3n) is 5.13. The molecule has 0 saturated carbocycles. The molecule has 152 valence electrons. The second kappa shape index (κ2) is 9.08. The van der Waals surface area contributed by atoms with Gasteiger partial charge in [0.05, 0.1) is 17.9 Å². The van der Waals surface area contributed by atoms with E-state index < -0.39 is 0 Å². The Morgan fingerprint density at radius 3 is 2.47 bits per heavy atom. The maximum absolute atomic E-state index is 14.0. The Morgan fingerprint density at radius 1 is 1.07 bits per heavy atom. The first-order chi connectivity index (χ1) is 14.7. The van der Waals surface area contributed by atoms with Crippen LogP contribution < -0.4 is 4.90 Å². The van der Waals surface area contributed by atoms with E-state index in [-0.39, 0.29) is 23.7 Å². The number of aliphatic hydroxyl groups is 1. The zero-order chi connectivity index (χ0) is 20.9. The minimum atomic E-state index is -0.224. The Morgan fingerprint density at radius 2 is 1.77 bits per heavy atom. The molecule has 1 aromatic heterocycles. The van der Waals surface area contributed by atoms with Crippen LogP contribution in [0.2, 0.25) is 0 Å². The van der Waals surface area contributed by atoms with Crippen LogP contribution in [0.1, 0.15) is 5.01 Å². The SMILES string of the molecule is N#CC(=C(O)CN1CCN(c2ccccc2F)CC1)c1nc(-c2ccccc2)cs1. The van der Waals surface area contributed by atoms with Gasteiger partial charge in [-0.1, -0.05) is 42.5 Å². The zero-order valence-corrected chi connectivity index (χ0v) is 17.1. The Labute approximate surface area is 179 Å². The van der Waals surface area contributed by atoms with Crippen molar-refractivity contribution in [1.82, 2.24) is 9.88 Å². The molecule has 0 unspecified atom stereocenters. The summed E-state index contributed by atoms with van der Waals surface area (Å²) >= 11 is 1.35. The van der Waals surface area contributed by atoms with E-state index in [0.717, 1.165) is 11.3 Å². The molecule has 4 rings (SSSR count). The first-order valence-electron chi connectivity index (χ1n) is 9.71. The molecule has 0 atom stereocenters. The van der Waals surface area contributed by atoms with Crippen molar-refractivity contribution in [3.05, 3.63) is 76.6 Å². The fourth-order valence-electron chi connectivity index (χ4n) is 3.51. The van der Waals surface area contributed by atoms with Crippen LogP contribution in [-0.2, 0) is 0 Å². The summed E-state index contributed by atoms with van der Waals surface area (Å²) in [5.41, 5.74) is 2.57. The highest BCUT2D eigenvalue weighted by Crippen LogP contribution is 2.27. The molecule has 0 bridgehead atoms. The van der Waals surface area contributed by atoms with Crippen molar-refractivity contribution in [3.63, 3.8) is 0 Å². The van der Waals surface area contributed by atoms with Gasteiger partial charge in [-0.15, -0.1) is 11.3 Å². The number of allylic oxidation sites excluding steroid dienone is 1. The first kappa shape index (κ1) is 20.1. The lowest BCUT2D eigenvalue weighted by molar-refractivity contribution is 0.238. The van der Waals surface area contributed by atoms with Gasteiger partial charge in [0.25, 0.3) is 0 Å². The summed E-state index contributed by atoms with van der Waals surface area (Å²) in [6, 6.07) is 18.6. The number of aliphatic hydroxyl groups excluding tert-OH is 1. The van der Waals surface area contributed by atoms with E-state index in [1.54, 1.807) is 12.1 Å². The van der Waals surface area contributed by atoms with E-state index in [1.165, 1.54) is 17.4 Å². The molecule has 0 amide bonds. The van der Waals surface area contributed by atoms with Crippen molar-refractivity contribution in [2.45, 2.75) is 0 Å². The van der Waals surface area contributed by atoms with Crippen molar-refractivity contribution >= 4 is 22.6 Å². The highest BCUT2D eigenvalue weighted by molar-refractivity contribution is 7.11. The second-order valence-corrected chi connectivity index (χ2v) is 7.91. The van der Waals surface area contributed by atoms with Crippen LogP contribution in [0.3, 0.4) is 0 Å². The van der Waals surface area contributed by atoms with Crippen molar-refractivity contribution in [2.24, 2.45) is 0 Å². The topological polar surface area (TPSA) is 63.4 Å². The summed E-state index contributed by atoms with van der Waals surface area (Å²) in [5, 5.41) is 22.6. The molecule has 7 heteroatoms. The third-order valence-corrected chi connectivity index (χ3v) is 5.99. The van der Waals surface area contributed by atoms with Crippen LogP contribution in [-0.4, -0.2) is 47.7 Å². The highest BCUT2D eigenvalue weighted by atomic mass is 32.1. The lowest BCUT2D eigenvalue weighted by Crippen LogP contribution is -2.47. The standard InChI is InChI=1S/C23H21FN4OS/c24-19-8-4-5-9-21(19)28-12-10-27(11-13-28)15-22(29)18(14-25)23-26-20(16-30-23)17-6-2-1-3-7-17/h1-9,16,29H,10-13,15H2. The smallest absolute Gasteiger partial charge is 0.146 e. The molecule has 30 heavy (non-hydrogen) atoms. The molecule has 5 nitrogen and oxygen atoms in total. The lowest BCUT2D eigenvalue weighted by Gasteiger charge is -2.36. The lowest BCUT2D eigenvalue weighted by atomic mass is 10.2. The van der Waals surface area contributed by atoms with Gasteiger partial charge >= 0.3 is 0 Å². The van der Waals surface area contributed by atoms with Crippen LogP contribution in [0.4, 0.5) is 10.1 Å². The Hall–Kier alpha value is -3.21. The van der Waals surface area contributed by atoms with Crippen LogP contribution in [0.5, 0.6) is 0 Å². The number of aromatic nitrogens is 1. The number of nitrogens with zero attached hydrogens (tertiary/aromatic N) is 4. The predicted molar refractivity (Wildman–Crippen MR) is 118 cm³/mol. The highest BCUT2D eigenvalue weighted by Gasteiger charge is 2.22. The van der Waals surface area contributed by atoms with E-state index in [0.29, 0.717) is 36.9 Å². The Kier molecular flexibility index (Phi) is 6.07. The maximum atomic E-state index is 14.0. The molecule has 1 saturated heterocycles. The Balaban J connectivity index is 1.43. The molecule has 3 aromatic rings. The number of rotatable bonds is 5. The van der Waals surface area contributed by atoms with Crippen LogP contribution in [0.25, 0.3) is 16.8 Å². The van der Waals surface area contributed by atoms with Crippen LogP contribution in [0.15, 0.2) is 65.7 Å². The van der Waals surface area contributed by atoms with Gasteiger partial charge in [0.15, 0.2) is 0 Å². The van der Waals surface area contributed by atoms with Gasteiger partial charge in [0.1, 0.15) is 28.2 Å². The summed E-state index contributed by atoms with van der Waals surface area (Å²) in [4.78, 5) is 8.61. The van der Waals surface area contributed by atoms with Crippen molar-refractivity contribution in [1.29, 1.82) is 5.26 Å². The molecular formula is C23H21FN4OS. The molecule has 0 aliphatic carbocycles. The average Bonchev–Trinajstić information content (AvgIpc) is 3.26. The van der Waals surface area contributed by atoms with Gasteiger partial charge in [0, 0.05) is 37.1 Å². The third kappa shape index (κ3) is 4.35. The van der Waals surface area contributed by atoms with E-state index in [2.05, 4.69) is 16.0 Å². The number of piperazine rings is 1. The number of halogens is 1. The predicted octanol–water partition coefficient (Wildman–Crippen LogP) is 4.56. The zero-order valence-electron chi connectivity index (χ0n) is 16.3. The second-order valence-electron chi connectivity index (χ2n) is 7.05. The number of hydrogen-bond donors (Lipinski definition) is 1. The van der Waals surface area contributed by atoms with Crippen LogP contribution >= 0.6 is 11.3 Å². The van der Waals surface area contributed by atoms with Crippen molar-refractivity contribution in [2.75, 3.05) is 37.6 Å². The first-order valence-corrected chi connectivity index (χ1v) is 10.6. The fraction of sp³-hybridized carbons (Fsp3) is 0.217. The maximum Gasteiger partial charge on any atom is 0.146 e. The minimum absolute atomic E-state index is 0.0193. The van der Waals surface area contributed by atoms with Gasteiger partial charge in [-0.25, -0.2) is 9.37 Å². The van der Waals surface area contributed by atoms with Gasteiger partial charge in [-0.2, -0.15) is 5.26 Å². The van der Waals surface area contributed by atoms with Crippen molar-refractivity contribution < 1.29 is 9.50 Å². The van der Waals surface area contributed by atoms with E-state index in [9.17, 15) is 14.8 Å². The molecule has 0 spiro atoms. The number of anilines is 1. The number of para-hydroxylation sites is 1. The molecule has 1 aliphatic heterocycles. The van der Waals surface area contributed by atoms with Gasteiger partial charge in [-0.3, -0.25) is 4.90 Å². The van der Waals surface area contributed by atoms with Crippen molar-refractivity contribution in [3.8, 4) is 17.3 Å². The minimum Gasteiger partial charge on any atom is -0.509 e. The monoisotopic (exact) mass is 420 g/mol. The summed E-state index contributed by atoms with van der Waals surface area (Å²) in [7, 11) is 0. The molecule has 1 aliphatic rings.